The van der Waals surface area contributed by atoms with E-state index in [9.17, 15) is 0 Å². The fraction of sp³-hybridized carbons (Fsp3) is 0.800. The Morgan fingerprint density at radius 2 is 1.57 bits per heavy atom. The highest BCUT2D eigenvalue weighted by molar-refractivity contribution is 6.61. The maximum Gasteiger partial charge on any atom is 0.498 e. The molecule has 0 aromatic carbocycles. The summed E-state index contributed by atoms with van der Waals surface area (Å²) in [7, 11) is -0.409. The van der Waals surface area contributed by atoms with Crippen molar-refractivity contribution in [3.05, 3.63) is 12.4 Å². The summed E-state index contributed by atoms with van der Waals surface area (Å²) in [5.41, 5.74) is 5.89. The lowest BCUT2D eigenvalue weighted by Gasteiger charge is -2.38. The molecule has 1 saturated carbocycles. The van der Waals surface area contributed by atoms with Crippen molar-refractivity contribution in [3.8, 4) is 0 Å². The average Bonchev–Trinajstić information content (AvgIpc) is 3.45. The van der Waals surface area contributed by atoms with Crippen molar-refractivity contribution in [2.24, 2.45) is 5.73 Å². The van der Waals surface area contributed by atoms with Gasteiger partial charge in [-0.15, -0.1) is 0 Å². The molecule has 3 heterocycles. The molecule has 8 heteroatoms. The topological polar surface area (TPSA) is 76.7 Å². The van der Waals surface area contributed by atoms with Gasteiger partial charge < -0.3 is 24.8 Å². The van der Waals surface area contributed by atoms with E-state index in [0.717, 1.165) is 50.4 Å². The molecule has 0 unspecified atom stereocenters. The van der Waals surface area contributed by atoms with Crippen LogP contribution in [0.2, 0.25) is 0 Å². The number of nitrogens with two attached hydrogens (primary N) is 1. The Bertz CT molecular complexity index is 656. The van der Waals surface area contributed by atoms with Crippen LogP contribution >= 0.6 is 0 Å². The molecule has 1 aliphatic carbocycles. The van der Waals surface area contributed by atoms with Crippen LogP contribution in [0.5, 0.6) is 0 Å². The molecule has 0 spiro atoms. The van der Waals surface area contributed by atoms with E-state index in [2.05, 4.69) is 37.5 Å². The molecule has 3 fully saturated rings. The number of hydrogen-bond acceptors (Lipinski definition) is 7. The highest BCUT2D eigenvalue weighted by Gasteiger charge is 2.52. The minimum Gasteiger partial charge on any atom is -0.399 e. The molecule has 154 valence electrons. The largest absolute Gasteiger partial charge is 0.498 e. The SMILES string of the molecule is CC1(C)OB(c2cnc(N(C3CC3)C3CCN(CCN)CC3)nc2)OC1(C)C. The number of piperidine rings is 1. The summed E-state index contributed by atoms with van der Waals surface area (Å²) in [4.78, 5) is 14.4. The third-order valence-corrected chi connectivity index (χ3v) is 6.75. The Kier molecular flexibility index (Phi) is 5.42. The van der Waals surface area contributed by atoms with Gasteiger partial charge in [0.2, 0.25) is 5.95 Å². The van der Waals surface area contributed by atoms with E-state index >= 15 is 0 Å². The second-order valence-corrected chi connectivity index (χ2v) is 9.40. The Hall–Kier alpha value is -1.22. The third kappa shape index (κ3) is 3.92. The molecule has 0 amide bonds. The average molecular weight is 387 g/mol. The van der Waals surface area contributed by atoms with Gasteiger partial charge in [-0.3, -0.25) is 0 Å². The van der Waals surface area contributed by atoms with Gasteiger partial charge in [0.15, 0.2) is 0 Å². The maximum atomic E-state index is 6.13. The minimum absolute atomic E-state index is 0.353. The molecule has 2 N–H and O–H groups in total. The van der Waals surface area contributed by atoms with Crippen LogP contribution in [0.1, 0.15) is 53.4 Å². The Labute approximate surface area is 169 Å². The first-order chi connectivity index (χ1) is 13.3. The van der Waals surface area contributed by atoms with Gasteiger partial charge >= 0.3 is 7.12 Å². The first kappa shape index (κ1) is 20.1. The summed E-state index contributed by atoms with van der Waals surface area (Å²) < 4.78 is 12.3. The zero-order valence-corrected chi connectivity index (χ0v) is 17.7. The minimum atomic E-state index is -0.409. The molecule has 7 nitrogen and oxygen atoms in total. The van der Waals surface area contributed by atoms with Gasteiger partial charge in [-0.2, -0.15) is 0 Å². The Morgan fingerprint density at radius 1 is 1.04 bits per heavy atom. The van der Waals surface area contributed by atoms with Crippen LogP contribution in [0.15, 0.2) is 12.4 Å². The first-order valence-corrected chi connectivity index (χ1v) is 10.7. The van der Waals surface area contributed by atoms with Crippen LogP contribution < -0.4 is 16.1 Å². The van der Waals surface area contributed by atoms with Gasteiger partial charge in [0.25, 0.3) is 0 Å². The Morgan fingerprint density at radius 3 is 2.07 bits per heavy atom. The Balaban J connectivity index is 1.45. The van der Waals surface area contributed by atoms with Gasteiger partial charge in [-0.1, -0.05) is 0 Å². The molecule has 4 rings (SSSR count). The molecule has 0 atom stereocenters. The van der Waals surface area contributed by atoms with E-state index in [0.29, 0.717) is 12.1 Å². The predicted molar refractivity (Wildman–Crippen MR) is 112 cm³/mol. The monoisotopic (exact) mass is 387 g/mol. The molecule has 2 saturated heterocycles. The van der Waals surface area contributed by atoms with E-state index in [1.165, 1.54) is 12.8 Å². The number of hydrogen-bond donors (Lipinski definition) is 1. The van der Waals surface area contributed by atoms with Crippen molar-refractivity contribution < 1.29 is 9.31 Å². The van der Waals surface area contributed by atoms with Crippen LogP contribution in [-0.2, 0) is 9.31 Å². The summed E-state index contributed by atoms with van der Waals surface area (Å²) in [6, 6.07) is 1.11. The third-order valence-electron chi connectivity index (χ3n) is 6.75. The van der Waals surface area contributed by atoms with E-state index in [1.54, 1.807) is 0 Å². The quantitative estimate of drug-likeness (QED) is 0.735. The number of rotatable bonds is 6. The maximum absolute atomic E-state index is 6.13. The summed E-state index contributed by atoms with van der Waals surface area (Å²) in [5, 5.41) is 0. The van der Waals surface area contributed by atoms with Gasteiger partial charge in [0.05, 0.1) is 11.2 Å². The van der Waals surface area contributed by atoms with Crippen LogP contribution in [-0.4, -0.2) is 71.5 Å². The van der Waals surface area contributed by atoms with E-state index in [4.69, 9.17) is 25.0 Å². The van der Waals surface area contributed by atoms with Crippen molar-refractivity contribution in [1.29, 1.82) is 0 Å². The van der Waals surface area contributed by atoms with Crippen LogP contribution in [0.4, 0.5) is 5.95 Å². The summed E-state index contributed by atoms with van der Waals surface area (Å²) >= 11 is 0. The molecule has 28 heavy (non-hydrogen) atoms. The molecule has 2 aliphatic heterocycles. The second kappa shape index (κ2) is 7.56. The van der Waals surface area contributed by atoms with Crippen LogP contribution in [0, 0.1) is 0 Å². The molecule has 1 aromatic heterocycles. The lowest BCUT2D eigenvalue weighted by atomic mass is 9.81. The molecule has 0 radical (unpaired) electrons. The van der Waals surface area contributed by atoms with E-state index in [-0.39, 0.29) is 11.2 Å². The van der Waals surface area contributed by atoms with Crippen LogP contribution in [0.25, 0.3) is 0 Å². The number of anilines is 1. The zero-order valence-electron chi connectivity index (χ0n) is 17.7. The number of aromatic nitrogens is 2. The van der Waals surface area contributed by atoms with Crippen molar-refractivity contribution in [1.82, 2.24) is 14.9 Å². The van der Waals surface area contributed by atoms with Gasteiger partial charge in [-0.05, 0) is 53.4 Å². The highest BCUT2D eigenvalue weighted by atomic mass is 16.7. The van der Waals surface area contributed by atoms with E-state index < -0.39 is 7.12 Å². The molecular formula is C20H34BN5O2. The van der Waals surface area contributed by atoms with Crippen molar-refractivity contribution >= 4 is 18.5 Å². The highest BCUT2D eigenvalue weighted by Crippen LogP contribution is 2.37. The molecule has 3 aliphatic rings. The van der Waals surface area contributed by atoms with Crippen LogP contribution in [0.3, 0.4) is 0 Å². The van der Waals surface area contributed by atoms with Gasteiger partial charge in [0.1, 0.15) is 0 Å². The second-order valence-electron chi connectivity index (χ2n) is 9.40. The smallest absolute Gasteiger partial charge is 0.399 e. The fourth-order valence-electron chi connectivity index (χ4n) is 4.15. The van der Waals surface area contributed by atoms with Crippen molar-refractivity contribution in [3.63, 3.8) is 0 Å². The first-order valence-electron chi connectivity index (χ1n) is 10.7. The molecular weight excluding hydrogens is 353 g/mol. The van der Waals surface area contributed by atoms with Gasteiger partial charge in [-0.25, -0.2) is 9.97 Å². The summed E-state index contributed by atoms with van der Waals surface area (Å²) in [6.45, 7) is 12.2. The van der Waals surface area contributed by atoms with Crippen molar-refractivity contribution in [2.75, 3.05) is 31.1 Å². The number of nitrogens with zero attached hydrogens (tertiary/aromatic N) is 4. The summed E-state index contributed by atoms with van der Waals surface area (Å²) in [6.07, 6.45) is 8.54. The summed E-state index contributed by atoms with van der Waals surface area (Å²) in [5.74, 6) is 0.847. The predicted octanol–water partition coefficient (Wildman–Crippen LogP) is 1.17. The van der Waals surface area contributed by atoms with Crippen molar-refractivity contribution in [2.45, 2.75) is 76.7 Å². The van der Waals surface area contributed by atoms with Gasteiger partial charge in [0, 0.05) is 56.1 Å². The normalized spacial score (nSPS) is 25.2. The fourth-order valence-corrected chi connectivity index (χ4v) is 4.15. The lowest BCUT2D eigenvalue weighted by Crippen LogP contribution is -2.47. The number of likely N-dealkylation sites (tertiary alicyclic amines) is 1. The molecule has 0 bridgehead atoms. The molecule has 1 aromatic rings. The standard InChI is InChI=1S/C20H34BN5O2/c1-19(2)20(3,4)28-21(27-19)15-13-23-18(24-14-15)26(16-5-6-16)17-7-10-25(11-8-17)12-9-22/h13-14,16-17H,5-12,22H2,1-4H3. The zero-order chi connectivity index (χ0) is 19.9. The van der Waals surface area contributed by atoms with E-state index in [1.807, 2.05) is 12.4 Å². The lowest BCUT2D eigenvalue weighted by molar-refractivity contribution is 0.00578.